The SMILES string of the molecule is C[N+](C)(O)CCCNS(=O)(=O)CCC(CC(CC(F)(C(F)(F)F)C(F)(F)F)C(F)(F)F)C(F)(F)F. The third kappa shape index (κ3) is 11.2. The number of sulfonamides is 1. The van der Waals surface area contributed by atoms with Crippen LogP contribution in [0.15, 0.2) is 0 Å². The van der Waals surface area contributed by atoms with Crippen LogP contribution in [0.5, 0.6) is 0 Å². The number of hydrogen-bond donors (Lipinski definition) is 2. The second kappa shape index (κ2) is 11.1. The van der Waals surface area contributed by atoms with E-state index in [0.717, 1.165) is 0 Å². The van der Waals surface area contributed by atoms with Gasteiger partial charge in [0, 0.05) is 19.4 Å². The van der Waals surface area contributed by atoms with Gasteiger partial charge in [0.25, 0.3) is 5.67 Å². The first kappa shape index (κ1) is 33.9. The first-order chi connectivity index (χ1) is 15.1. The van der Waals surface area contributed by atoms with Gasteiger partial charge in [-0.25, -0.2) is 22.7 Å². The fourth-order valence-corrected chi connectivity index (χ4v) is 4.08. The minimum atomic E-state index is -6.92. The van der Waals surface area contributed by atoms with Crippen molar-refractivity contribution in [2.75, 3.05) is 32.9 Å². The Labute approximate surface area is 191 Å². The highest BCUT2D eigenvalue weighted by atomic mass is 32.2. The Balaban J connectivity index is 5.69. The number of quaternary nitrogens is 1. The Morgan fingerprint density at radius 2 is 1.23 bits per heavy atom. The number of rotatable bonds is 12. The van der Waals surface area contributed by atoms with Gasteiger partial charge in [-0.2, -0.15) is 57.3 Å². The van der Waals surface area contributed by atoms with E-state index in [9.17, 15) is 70.7 Å². The second-order valence-corrected chi connectivity index (χ2v) is 10.3. The van der Waals surface area contributed by atoms with Crippen molar-refractivity contribution in [1.82, 2.24) is 4.72 Å². The summed E-state index contributed by atoms with van der Waals surface area (Å²) in [6.07, 6.45) is -33.2. The van der Waals surface area contributed by atoms with E-state index in [1.807, 2.05) is 0 Å². The summed E-state index contributed by atoms with van der Waals surface area (Å²) in [5.41, 5.74) is -6.46. The van der Waals surface area contributed by atoms with Crippen molar-refractivity contribution in [3.63, 3.8) is 0 Å². The molecule has 0 aromatic heterocycles. The van der Waals surface area contributed by atoms with Gasteiger partial charge in [0.1, 0.15) is 6.54 Å². The largest absolute Gasteiger partial charge is 0.431 e. The summed E-state index contributed by atoms with van der Waals surface area (Å²) in [5.74, 6) is -8.84. The number of halogens is 13. The molecule has 19 heteroatoms. The van der Waals surface area contributed by atoms with Crippen molar-refractivity contribution in [3.05, 3.63) is 0 Å². The standard InChI is InChI=1S/C16H24F13N2O3S/c1-31(2,32)6-3-5-30-35(33,34)7-4-10(13(18,19)20)8-11(14(21,22)23)9-12(17,15(24,25)26)16(27,28)29/h10-11,30,32H,3-9H2,1-2H3/q+1. The van der Waals surface area contributed by atoms with Crippen molar-refractivity contribution in [3.8, 4) is 0 Å². The molecule has 0 saturated carbocycles. The van der Waals surface area contributed by atoms with E-state index in [2.05, 4.69) is 0 Å². The second-order valence-electron chi connectivity index (χ2n) is 8.41. The van der Waals surface area contributed by atoms with Crippen molar-refractivity contribution in [1.29, 1.82) is 0 Å². The van der Waals surface area contributed by atoms with Crippen LogP contribution in [0.4, 0.5) is 57.1 Å². The maximum atomic E-state index is 13.8. The van der Waals surface area contributed by atoms with Gasteiger partial charge in [-0.1, -0.05) is 0 Å². The van der Waals surface area contributed by atoms with E-state index in [4.69, 9.17) is 0 Å². The molecule has 0 bridgehead atoms. The first-order valence-electron chi connectivity index (χ1n) is 9.61. The van der Waals surface area contributed by atoms with Crippen LogP contribution in [-0.2, 0) is 10.0 Å². The molecule has 0 saturated heterocycles. The average molecular weight is 571 g/mol. The Morgan fingerprint density at radius 1 is 0.800 bits per heavy atom. The number of alkyl halides is 13. The zero-order valence-corrected chi connectivity index (χ0v) is 19.0. The molecule has 0 aromatic carbocycles. The van der Waals surface area contributed by atoms with E-state index in [-0.39, 0.29) is 13.0 Å². The maximum absolute atomic E-state index is 13.8. The molecule has 35 heavy (non-hydrogen) atoms. The minimum Gasteiger partial charge on any atom is -0.224 e. The van der Waals surface area contributed by atoms with E-state index in [1.54, 1.807) is 4.72 Å². The van der Waals surface area contributed by atoms with Crippen LogP contribution in [-0.4, -0.2) is 81.6 Å². The summed E-state index contributed by atoms with van der Waals surface area (Å²) in [5, 5.41) is 9.42. The lowest BCUT2D eigenvalue weighted by atomic mass is 9.83. The van der Waals surface area contributed by atoms with Gasteiger partial charge in [-0.3, -0.25) is 0 Å². The Bertz CT molecular complexity index is 754. The summed E-state index contributed by atoms with van der Waals surface area (Å²) in [4.78, 5) is 0. The van der Waals surface area contributed by atoms with Gasteiger partial charge >= 0.3 is 24.7 Å². The fraction of sp³-hybridized carbons (Fsp3) is 1.00. The summed E-state index contributed by atoms with van der Waals surface area (Å²) in [7, 11) is -1.94. The quantitative estimate of drug-likeness (QED) is 0.148. The van der Waals surface area contributed by atoms with Crippen LogP contribution in [0, 0.1) is 11.8 Å². The summed E-state index contributed by atoms with van der Waals surface area (Å²) in [6, 6.07) is 0. The number of hydrogen-bond acceptors (Lipinski definition) is 3. The summed E-state index contributed by atoms with van der Waals surface area (Å²) >= 11 is 0. The molecule has 0 spiro atoms. The van der Waals surface area contributed by atoms with Crippen LogP contribution in [0.2, 0.25) is 0 Å². The van der Waals surface area contributed by atoms with Gasteiger partial charge in [0.2, 0.25) is 10.0 Å². The van der Waals surface area contributed by atoms with Crippen molar-refractivity contribution in [2.24, 2.45) is 11.8 Å². The minimum absolute atomic E-state index is 0.00957. The van der Waals surface area contributed by atoms with E-state index in [0.29, 0.717) is 0 Å². The Kier molecular flexibility index (Phi) is 10.8. The molecule has 2 atom stereocenters. The summed E-state index contributed by atoms with van der Waals surface area (Å²) in [6.45, 7) is -0.404. The molecule has 5 nitrogen and oxygen atoms in total. The number of hydroxylamine groups is 3. The molecule has 2 unspecified atom stereocenters. The number of nitrogens with zero attached hydrogens (tertiary/aromatic N) is 1. The highest BCUT2D eigenvalue weighted by Crippen LogP contribution is 2.53. The summed E-state index contributed by atoms with van der Waals surface area (Å²) < 4.78 is 194. The van der Waals surface area contributed by atoms with Crippen molar-refractivity contribution in [2.45, 2.75) is 56.1 Å². The zero-order chi connectivity index (χ0) is 28.3. The highest BCUT2D eigenvalue weighted by molar-refractivity contribution is 7.89. The molecule has 0 rings (SSSR count). The van der Waals surface area contributed by atoms with Crippen molar-refractivity contribution >= 4 is 10.0 Å². The molecule has 2 N–H and O–H groups in total. The van der Waals surface area contributed by atoms with Gasteiger partial charge in [0.05, 0.1) is 31.7 Å². The molecular formula is C16H24F13N2O3S+. The predicted octanol–water partition coefficient (Wildman–Crippen LogP) is 5.12. The lowest BCUT2D eigenvalue weighted by molar-refractivity contribution is -1.07. The first-order valence-corrected chi connectivity index (χ1v) is 11.3. The smallest absolute Gasteiger partial charge is 0.224 e. The van der Waals surface area contributed by atoms with Gasteiger partial charge < -0.3 is 0 Å². The molecule has 0 aliphatic rings. The Hall–Kier alpha value is -1.08. The lowest BCUT2D eigenvalue weighted by Gasteiger charge is -2.35. The molecule has 212 valence electrons. The average Bonchev–Trinajstić information content (AvgIpc) is 2.56. The van der Waals surface area contributed by atoms with Crippen LogP contribution in [0.25, 0.3) is 0 Å². The van der Waals surface area contributed by atoms with Crippen molar-refractivity contribution < 1.29 is 75.3 Å². The van der Waals surface area contributed by atoms with Crippen LogP contribution in [0.3, 0.4) is 0 Å². The molecule has 0 aliphatic heterocycles. The topological polar surface area (TPSA) is 66.4 Å². The third-order valence-corrected chi connectivity index (χ3v) is 6.28. The fourth-order valence-electron chi connectivity index (χ4n) is 2.89. The van der Waals surface area contributed by atoms with Gasteiger partial charge in [-0.15, -0.1) is 0 Å². The third-order valence-electron chi connectivity index (χ3n) is 4.86. The van der Waals surface area contributed by atoms with Gasteiger partial charge in [-0.05, 0) is 12.8 Å². The molecular weight excluding hydrogens is 547 g/mol. The van der Waals surface area contributed by atoms with Crippen LogP contribution < -0.4 is 4.72 Å². The predicted molar refractivity (Wildman–Crippen MR) is 94.1 cm³/mol. The molecule has 0 amide bonds. The monoisotopic (exact) mass is 571 g/mol. The molecule has 0 heterocycles. The van der Waals surface area contributed by atoms with Gasteiger partial charge in [0.15, 0.2) is 0 Å². The molecule has 0 aliphatic carbocycles. The number of nitrogens with one attached hydrogen (secondary N) is 1. The lowest BCUT2D eigenvalue weighted by Crippen LogP contribution is -2.55. The molecule has 0 radical (unpaired) electrons. The van der Waals surface area contributed by atoms with Crippen LogP contribution >= 0.6 is 0 Å². The molecule has 0 aromatic rings. The molecule has 0 fully saturated rings. The van der Waals surface area contributed by atoms with E-state index < -0.39 is 88.4 Å². The van der Waals surface area contributed by atoms with E-state index >= 15 is 0 Å². The Morgan fingerprint density at radius 3 is 1.57 bits per heavy atom. The van der Waals surface area contributed by atoms with Crippen LogP contribution in [0.1, 0.15) is 25.7 Å². The maximum Gasteiger partial charge on any atom is 0.431 e. The normalized spacial score (nSPS) is 16.9. The van der Waals surface area contributed by atoms with E-state index in [1.165, 1.54) is 14.1 Å². The highest BCUT2D eigenvalue weighted by Gasteiger charge is 2.74. The zero-order valence-electron chi connectivity index (χ0n) is 18.1.